The average molecular weight is 327 g/mol. The first kappa shape index (κ1) is 17.8. The van der Waals surface area contributed by atoms with Crippen molar-refractivity contribution >= 4 is 23.1 Å². The monoisotopic (exact) mass is 327 g/mol. The van der Waals surface area contributed by atoms with Crippen LogP contribution in [0.2, 0.25) is 0 Å². The maximum Gasteiger partial charge on any atom is 0.230 e. The highest BCUT2D eigenvalue weighted by Crippen LogP contribution is 2.28. The van der Waals surface area contributed by atoms with Crippen molar-refractivity contribution < 1.29 is 9.53 Å². The van der Waals surface area contributed by atoms with Gasteiger partial charge in [-0.1, -0.05) is 32.9 Å². The van der Waals surface area contributed by atoms with Crippen LogP contribution in [0.1, 0.15) is 34.6 Å². The van der Waals surface area contributed by atoms with Crippen molar-refractivity contribution in [1.82, 2.24) is 4.98 Å². The Kier molecular flexibility index (Phi) is 5.44. The number of nitrogens with one attached hydrogen (secondary N) is 2. The fraction of sp³-hybridized carbons (Fsp3) is 0.368. The zero-order valence-corrected chi connectivity index (χ0v) is 14.9. The molecule has 1 heterocycles. The molecule has 5 heteroatoms. The van der Waals surface area contributed by atoms with Gasteiger partial charge in [-0.25, -0.2) is 4.98 Å². The maximum atomic E-state index is 12.0. The van der Waals surface area contributed by atoms with Gasteiger partial charge >= 0.3 is 0 Å². The molecule has 0 atom stereocenters. The topological polar surface area (TPSA) is 63.2 Å². The van der Waals surface area contributed by atoms with Crippen LogP contribution in [0.15, 0.2) is 42.6 Å². The highest BCUT2D eigenvalue weighted by Gasteiger charge is 2.21. The number of rotatable bonds is 5. The number of nitrogens with zero attached hydrogens (tertiary/aromatic N) is 1. The van der Waals surface area contributed by atoms with Gasteiger partial charge in [0.25, 0.3) is 0 Å². The SMILES string of the molecule is CC(C)Oc1ccccc1Nc1ccc(NC(=O)C(C)(C)C)nc1. The number of benzene rings is 1. The van der Waals surface area contributed by atoms with Crippen molar-refractivity contribution in [2.24, 2.45) is 5.41 Å². The Bertz CT molecular complexity index is 689. The van der Waals surface area contributed by atoms with E-state index >= 15 is 0 Å². The van der Waals surface area contributed by atoms with Crippen LogP contribution >= 0.6 is 0 Å². The molecule has 24 heavy (non-hydrogen) atoms. The van der Waals surface area contributed by atoms with Gasteiger partial charge in [-0.2, -0.15) is 0 Å². The van der Waals surface area contributed by atoms with Crippen molar-refractivity contribution in [1.29, 1.82) is 0 Å². The summed E-state index contributed by atoms with van der Waals surface area (Å²) in [5, 5.41) is 6.10. The third-order valence-corrected chi connectivity index (χ3v) is 3.22. The lowest BCUT2D eigenvalue weighted by atomic mass is 9.96. The van der Waals surface area contributed by atoms with E-state index in [4.69, 9.17) is 4.74 Å². The summed E-state index contributed by atoms with van der Waals surface area (Å²) in [6.07, 6.45) is 1.78. The molecule has 1 aromatic carbocycles. The van der Waals surface area contributed by atoms with Gasteiger partial charge < -0.3 is 15.4 Å². The molecule has 0 aliphatic heterocycles. The van der Waals surface area contributed by atoms with Gasteiger partial charge in [-0.3, -0.25) is 4.79 Å². The minimum atomic E-state index is -0.453. The molecule has 0 saturated carbocycles. The van der Waals surface area contributed by atoms with E-state index in [1.807, 2.05) is 65.0 Å². The number of anilines is 3. The highest BCUT2D eigenvalue weighted by molar-refractivity contribution is 5.93. The van der Waals surface area contributed by atoms with Crippen LogP contribution in [0.25, 0.3) is 0 Å². The van der Waals surface area contributed by atoms with E-state index in [0.29, 0.717) is 5.82 Å². The van der Waals surface area contributed by atoms with Crippen molar-refractivity contribution in [2.45, 2.75) is 40.7 Å². The van der Waals surface area contributed by atoms with E-state index in [0.717, 1.165) is 17.1 Å². The Hall–Kier alpha value is -2.56. The Balaban J connectivity index is 2.09. The number of carbonyl (C=O) groups excluding carboxylic acids is 1. The number of hydrogen-bond donors (Lipinski definition) is 2. The molecule has 0 radical (unpaired) electrons. The summed E-state index contributed by atoms with van der Waals surface area (Å²) in [6.45, 7) is 9.58. The molecule has 0 bridgehead atoms. The molecule has 0 aliphatic carbocycles. The van der Waals surface area contributed by atoms with E-state index in [9.17, 15) is 4.79 Å². The van der Waals surface area contributed by atoms with Crippen LogP contribution in [0.3, 0.4) is 0 Å². The van der Waals surface area contributed by atoms with Gasteiger partial charge in [0.2, 0.25) is 5.91 Å². The number of aromatic nitrogens is 1. The molecular formula is C19H25N3O2. The predicted molar refractivity (Wildman–Crippen MR) is 97.8 cm³/mol. The molecule has 2 aromatic rings. The molecule has 0 unspecified atom stereocenters. The van der Waals surface area contributed by atoms with Crippen LogP contribution in [-0.2, 0) is 4.79 Å². The van der Waals surface area contributed by atoms with Crippen molar-refractivity contribution in [3.8, 4) is 5.75 Å². The Morgan fingerprint density at radius 2 is 1.83 bits per heavy atom. The van der Waals surface area contributed by atoms with Gasteiger partial charge in [0.1, 0.15) is 11.6 Å². The minimum Gasteiger partial charge on any atom is -0.489 e. The Labute approximate surface area is 143 Å². The maximum absolute atomic E-state index is 12.0. The summed E-state index contributed by atoms with van der Waals surface area (Å²) in [5.41, 5.74) is 1.24. The second-order valence-corrected chi connectivity index (χ2v) is 6.92. The van der Waals surface area contributed by atoms with Gasteiger partial charge in [-0.15, -0.1) is 0 Å². The van der Waals surface area contributed by atoms with Crippen LogP contribution in [0.5, 0.6) is 5.75 Å². The second kappa shape index (κ2) is 7.34. The standard InChI is InChI=1S/C19H25N3O2/c1-13(2)24-16-9-7-6-8-15(16)21-14-10-11-17(20-12-14)22-18(23)19(3,4)5/h6-13,21H,1-5H3,(H,20,22,23). The number of carbonyl (C=O) groups is 1. The summed E-state index contributed by atoms with van der Waals surface area (Å²) in [4.78, 5) is 16.3. The summed E-state index contributed by atoms with van der Waals surface area (Å²) in [5.74, 6) is 1.26. The number of amides is 1. The lowest BCUT2D eigenvalue weighted by Gasteiger charge is -2.17. The van der Waals surface area contributed by atoms with E-state index in [-0.39, 0.29) is 12.0 Å². The number of hydrogen-bond acceptors (Lipinski definition) is 4. The lowest BCUT2D eigenvalue weighted by Crippen LogP contribution is -2.27. The number of ether oxygens (including phenoxy) is 1. The van der Waals surface area contributed by atoms with E-state index in [1.54, 1.807) is 12.3 Å². The largest absolute Gasteiger partial charge is 0.489 e. The first-order valence-corrected chi connectivity index (χ1v) is 8.06. The zero-order valence-electron chi connectivity index (χ0n) is 14.9. The predicted octanol–water partition coefficient (Wildman–Crippen LogP) is 4.60. The van der Waals surface area contributed by atoms with Gasteiger partial charge in [0.05, 0.1) is 23.7 Å². The molecule has 1 aromatic heterocycles. The second-order valence-electron chi connectivity index (χ2n) is 6.92. The lowest BCUT2D eigenvalue weighted by molar-refractivity contribution is -0.123. The Morgan fingerprint density at radius 1 is 1.12 bits per heavy atom. The van der Waals surface area contributed by atoms with Crippen LogP contribution in [-0.4, -0.2) is 17.0 Å². The third kappa shape index (κ3) is 4.98. The van der Waals surface area contributed by atoms with E-state index in [1.165, 1.54) is 0 Å². The van der Waals surface area contributed by atoms with Crippen molar-refractivity contribution in [3.05, 3.63) is 42.6 Å². The van der Waals surface area contributed by atoms with Gasteiger partial charge in [0.15, 0.2) is 0 Å². The molecular weight excluding hydrogens is 302 g/mol. The highest BCUT2D eigenvalue weighted by atomic mass is 16.5. The minimum absolute atomic E-state index is 0.0635. The molecule has 128 valence electrons. The molecule has 0 saturated heterocycles. The van der Waals surface area contributed by atoms with Crippen LogP contribution in [0, 0.1) is 5.41 Å². The fourth-order valence-electron chi connectivity index (χ4n) is 1.93. The van der Waals surface area contributed by atoms with E-state index < -0.39 is 5.41 Å². The molecule has 2 rings (SSSR count). The normalized spacial score (nSPS) is 11.2. The summed E-state index contributed by atoms with van der Waals surface area (Å²) in [6, 6.07) is 11.4. The zero-order chi connectivity index (χ0) is 17.7. The quantitative estimate of drug-likeness (QED) is 0.842. The molecule has 0 spiro atoms. The van der Waals surface area contributed by atoms with Crippen LogP contribution in [0.4, 0.5) is 17.2 Å². The first-order chi connectivity index (χ1) is 11.3. The van der Waals surface area contributed by atoms with Crippen LogP contribution < -0.4 is 15.4 Å². The molecule has 2 N–H and O–H groups in total. The average Bonchev–Trinajstić information content (AvgIpc) is 2.49. The molecule has 0 aliphatic rings. The van der Waals surface area contributed by atoms with Crippen molar-refractivity contribution in [3.63, 3.8) is 0 Å². The number of para-hydroxylation sites is 2. The Morgan fingerprint density at radius 3 is 2.42 bits per heavy atom. The summed E-state index contributed by atoms with van der Waals surface area (Å²) < 4.78 is 5.79. The van der Waals surface area contributed by atoms with Crippen molar-refractivity contribution in [2.75, 3.05) is 10.6 Å². The fourth-order valence-corrected chi connectivity index (χ4v) is 1.93. The number of pyridine rings is 1. The molecule has 0 fully saturated rings. The summed E-state index contributed by atoms with van der Waals surface area (Å²) >= 11 is 0. The smallest absolute Gasteiger partial charge is 0.230 e. The summed E-state index contributed by atoms with van der Waals surface area (Å²) in [7, 11) is 0. The molecule has 5 nitrogen and oxygen atoms in total. The third-order valence-electron chi connectivity index (χ3n) is 3.22. The van der Waals surface area contributed by atoms with Gasteiger partial charge in [-0.05, 0) is 38.1 Å². The molecule has 1 amide bonds. The first-order valence-electron chi connectivity index (χ1n) is 8.06. The van der Waals surface area contributed by atoms with Gasteiger partial charge in [0, 0.05) is 5.41 Å². The van der Waals surface area contributed by atoms with E-state index in [2.05, 4.69) is 15.6 Å².